The highest BCUT2D eigenvalue weighted by molar-refractivity contribution is 5.23. The Labute approximate surface area is 122 Å². The van der Waals surface area contributed by atoms with E-state index in [0.29, 0.717) is 12.0 Å². The number of aryl methyl sites for hydroxylation is 1. The van der Waals surface area contributed by atoms with Gasteiger partial charge in [0.15, 0.2) is 0 Å². The first-order valence-corrected chi connectivity index (χ1v) is 8.15. The maximum absolute atomic E-state index is 6.17. The fourth-order valence-electron chi connectivity index (χ4n) is 4.28. The van der Waals surface area contributed by atoms with Crippen molar-refractivity contribution in [1.29, 1.82) is 0 Å². The van der Waals surface area contributed by atoms with Gasteiger partial charge >= 0.3 is 0 Å². The number of hydrogen-bond acceptors (Lipinski definition) is 3. The predicted octanol–water partition coefficient (Wildman–Crippen LogP) is 3.84. The van der Waals surface area contributed by atoms with Crippen LogP contribution >= 0.6 is 0 Å². The van der Waals surface area contributed by atoms with Gasteiger partial charge in [0, 0.05) is 24.6 Å². The molecule has 1 aromatic rings. The molecular formula is C17H27NO2. The van der Waals surface area contributed by atoms with E-state index in [-0.39, 0.29) is 5.60 Å². The van der Waals surface area contributed by atoms with Crippen LogP contribution in [-0.4, -0.2) is 19.3 Å². The van der Waals surface area contributed by atoms with Crippen LogP contribution in [0.4, 0.5) is 0 Å². The lowest BCUT2D eigenvalue weighted by Gasteiger charge is -2.41. The largest absolute Gasteiger partial charge is 0.469 e. The van der Waals surface area contributed by atoms with Crippen molar-refractivity contribution in [3.05, 3.63) is 23.7 Å². The quantitative estimate of drug-likeness (QED) is 0.908. The molecule has 112 valence electrons. The smallest absolute Gasteiger partial charge is 0.108 e. The monoisotopic (exact) mass is 277 g/mol. The van der Waals surface area contributed by atoms with Crippen molar-refractivity contribution >= 4 is 0 Å². The fraction of sp³-hybridized carbons (Fsp3) is 0.765. The zero-order chi connectivity index (χ0) is 14.0. The molecule has 2 aliphatic rings. The average Bonchev–Trinajstić information content (AvgIpc) is 3.10. The molecule has 1 aromatic heterocycles. The molecule has 1 N–H and O–H groups in total. The second kappa shape index (κ2) is 5.90. The molecule has 3 rings (SSSR count). The van der Waals surface area contributed by atoms with Gasteiger partial charge in [-0.2, -0.15) is 0 Å². The molecule has 1 spiro atoms. The molecule has 3 heteroatoms. The van der Waals surface area contributed by atoms with Crippen molar-refractivity contribution in [2.45, 2.75) is 63.5 Å². The van der Waals surface area contributed by atoms with Gasteiger partial charge in [0.25, 0.3) is 0 Å². The van der Waals surface area contributed by atoms with Gasteiger partial charge in [-0.3, -0.25) is 0 Å². The van der Waals surface area contributed by atoms with Crippen LogP contribution in [0.1, 0.15) is 62.8 Å². The second-order valence-corrected chi connectivity index (χ2v) is 6.41. The van der Waals surface area contributed by atoms with E-state index in [9.17, 15) is 0 Å². The lowest BCUT2D eigenvalue weighted by atomic mass is 9.78. The van der Waals surface area contributed by atoms with Gasteiger partial charge in [0.05, 0.1) is 11.9 Å². The molecule has 2 fully saturated rings. The van der Waals surface area contributed by atoms with E-state index in [1.165, 1.54) is 37.7 Å². The van der Waals surface area contributed by atoms with Crippen LogP contribution < -0.4 is 5.32 Å². The van der Waals surface area contributed by atoms with Crippen LogP contribution in [-0.2, 0) is 11.2 Å². The van der Waals surface area contributed by atoms with Gasteiger partial charge in [-0.1, -0.05) is 19.8 Å². The molecule has 0 radical (unpaired) electrons. The van der Waals surface area contributed by atoms with Gasteiger partial charge in [0.2, 0.25) is 0 Å². The third kappa shape index (κ3) is 2.53. The summed E-state index contributed by atoms with van der Waals surface area (Å²) in [6.07, 6.45) is 10.3. The Bertz CT molecular complexity index is 434. The first-order chi connectivity index (χ1) is 9.78. The minimum atomic E-state index is 0.189. The summed E-state index contributed by atoms with van der Waals surface area (Å²) in [5.41, 5.74) is 1.55. The summed E-state index contributed by atoms with van der Waals surface area (Å²) in [6, 6.07) is 2.56. The van der Waals surface area contributed by atoms with E-state index in [0.717, 1.165) is 25.2 Å². The molecule has 2 atom stereocenters. The molecule has 1 saturated carbocycles. The molecule has 1 aliphatic heterocycles. The minimum Gasteiger partial charge on any atom is -0.469 e. The van der Waals surface area contributed by atoms with Crippen molar-refractivity contribution in [3.63, 3.8) is 0 Å². The fourth-order valence-corrected chi connectivity index (χ4v) is 4.28. The summed E-state index contributed by atoms with van der Waals surface area (Å²) >= 11 is 0. The van der Waals surface area contributed by atoms with Gasteiger partial charge in [0.1, 0.15) is 5.76 Å². The van der Waals surface area contributed by atoms with E-state index in [4.69, 9.17) is 9.15 Å². The first kappa shape index (κ1) is 14.2. The Morgan fingerprint density at radius 1 is 1.40 bits per heavy atom. The third-order valence-corrected chi connectivity index (χ3v) is 5.26. The number of nitrogens with one attached hydrogen (secondary N) is 1. The minimum absolute atomic E-state index is 0.189. The molecule has 20 heavy (non-hydrogen) atoms. The van der Waals surface area contributed by atoms with E-state index in [1.54, 1.807) is 0 Å². The summed E-state index contributed by atoms with van der Waals surface area (Å²) in [5.74, 6) is 1.80. The van der Waals surface area contributed by atoms with Crippen LogP contribution in [0, 0.1) is 5.92 Å². The second-order valence-electron chi connectivity index (χ2n) is 6.41. The number of ether oxygens (including phenoxy) is 1. The van der Waals surface area contributed by atoms with Crippen molar-refractivity contribution in [1.82, 2.24) is 5.32 Å². The number of hydrogen-bond donors (Lipinski definition) is 1. The van der Waals surface area contributed by atoms with Crippen LogP contribution in [0.25, 0.3) is 0 Å². The predicted molar refractivity (Wildman–Crippen MR) is 79.8 cm³/mol. The highest BCUT2D eigenvalue weighted by Crippen LogP contribution is 2.45. The Balaban J connectivity index is 1.78. The normalized spacial score (nSPS) is 27.0. The molecule has 0 amide bonds. The van der Waals surface area contributed by atoms with E-state index in [1.807, 2.05) is 6.26 Å². The zero-order valence-corrected chi connectivity index (χ0v) is 12.8. The summed E-state index contributed by atoms with van der Waals surface area (Å²) in [5, 5.41) is 3.54. The third-order valence-electron chi connectivity index (χ3n) is 5.26. The van der Waals surface area contributed by atoms with Crippen molar-refractivity contribution in [2.24, 2.45) is 5.92 Å². The summed E-state index contributed by atoms with van der Waals surface area (Å²) < 4.78 is 11.8. The molecule has 3 nitrogen and oxygen atoms in total. The zero-order valence-electron chi connectivity index (χ0n) is 12.8. The first-order valence-electron chi connectivity index (χ1n) is 8.15. The Kier molecular flexibility index (Phi) is 4.18. The number of furan rings is 1. The van der Waals surface area contributed by atoms with Crippen LogP contribution in [0.5, 0.6) is 0 Å². The Hall–Kier alpha value is -0.800. The van der Waals surface area contributed by atoms with E-state index in [2.05, 4.69) is 25.4 Å². The SMILES string of the molecule is CCc1occc1C(NC)C1CCOC2(CCCC2)C1. The molecule has 1 aliphatic carbocycles. The Morgan fingerprint density at radius 2 is 2.20 bits per heavy atom. The maximum atomic E-state index is 6.17. The van der Waals surface area contributed by atoms with Crippen molar-refractivity contribution in [3.8, 4) is 0 Å². The average molecular weight is 277 g/mol. The number of rotatable bonds is 4. The van der Waals surface area contributed by atoms with Crippen molar-refractivity contribution in [2.75, 3.05) is 13.7 Å². The summed E-state index contributed by atoms with van der Waals surface area (Å²) in [6.45, 7) is 3.08. The van der Waals surface area contributed by atoms with Gasteiger partial charge in [-0.25, -0.2) is 0 Å². The standard InChI is InChI=1S/C17H27NO2/c1-3-15-14(7-10-19-15)16(18-2)13-6-11-20-17(12-13)8-4-5-9-17/h7,10,13,16,18H,3-6,8-9,11-12H2,1-2H3. The van der Waals surface area contributed by atoms with Crippen LogP contribution in [0.15, 0.2) is 16.7 Å². The van der Waals surface area contributed by atoms with Crippen LogP contribution in [0.2, 0.25) is 0 Å². The summed E-state index contributed by atoms with van der Waals surface area (Å²) in [7, 11) is 2.08. The van der Waals surface area contributed by atoms with Gasteiger partial charge < -0.3 is 14.5 Å². The Morgan fingerprint density at radius 3 is 2.90 bits per heavy atom. The highest BCUT2D eigenvalue weighted by atomic mass is 16.5. The topological polar surface area (TPSA) is 34.4 Å². The van der Waals surface area contributed by atoms with Crippen LogP contribution in [0.3, 0.4) is 0 Å². The maximum Gasteiger partial charge on any atom is 0.108 e. The molecule has 0 bridgehead atoms. The highest BCUT2D eigenvalue weighted by Gasteiger charge is 2.42. The lowest BCUT2D eigenvalue weighted by Crippen LogP contribution is -2.41. The molecule has 2 heterocycles. The molecule has 2 unspecified atom stereocenters. The van der Waals surface area contributed by atoms with Crippen molar-refractivity contribution < 1.29 is 9.15 Å². The van der Waals surface area contributed by atoms with E-state index >= 15 is 0 Å². The lowest BCUT2D eigenvalue weighted by molar-refractivity contribution is -0.0979. The van der Waals surface area contributed by atoms with Gasteiger partial charge in [-0.05, 0) is 44.7 Å². The summed E-state index contributed by atoms with van der Waals surface area (Å²) in [4.78, 5) is 0. The van der Waals surface area contributed by atoms with E-state index < -0.39 is 0 Å². The van der Waals surface area contributed by atoms with Gasteiger partial charge in [-0.15, -0.1) is 0 Å². The molecule has 1 saturated heterocycles. The molecule has 0 aromatic carbocycles. The molecular weight excluding hydrogens is 250 g/mol.